The van der Waals surface area contributed by atoms with Crippen molar-refractivity contribution in [3.05, 3.63) is 99.6 Å². The van der Waals surface area contributed by atoms with Gasteiger partial charge in [0.1, 0.15) is 11.5 Å². The van der Waals surface area contributed by atoms with Crippen LogP contribution in [0.3, 0.4) is 0 Å². The Morgan fingerprint density at radius 1 is 0.897 bits per heavy atom. The van der Waals surface area contributed by atoms with Crippen LogP contribution < -0.4 is 19.3 Å². The van der Waals surface area contributed by atoms with Crippen molar-refractivity contribution in [3.63, 3.8) is 0 Å². The molecule has 5 aromatic rings. The lowest BCUT2D eigenvalue weighted by atomic mass is 9.52. The average molecular weight is 838 g/mol. The number of carbonyl (C=O) groups excluding carboxylic acids is 4. The van der Waals surface area contributed by atoms with Crippen molar-refractivity contribution in [2.75, 3.05) is 24.0 Å². The number of imide groups is 2. The highest BCUT2D eigenvalue weighted by Gasteiger charge is 2.67. The molecule has 0 bridgehead atoms. The molecule has 296 valence electrons. The van der Waals surface area contributed by atoms with Crippen molar-refractivity contribution in [1.82, 2.24) is 9.78 Å². The first kappa shape index (κ1) is 38.1. The molecular formula is C44H38Cl2N4O7S. The van der Waals surface area contributed by atoms with Gasteiger partial charge in [-0.3, -0.25) is 28.8 Å². The Morgan fingerprint density at radius 2 is 1.59 bits per heavy atom. The summed E-state index contributed by atoms with van der Waals surface area (Å²) in [6, 6.07) is 17.4. The molecule has 6 unspecified atom stereocenters. The molecule has 58 heavy (non-hydrogen) atoms. The van der Waals surface area contributed by atoms with Gasteiger partial charge in [-0.05, 0) is 104 Å². The molecule has 1 saturated carbocycles. The number of ether oxygens (including phenoxy) is 2. The minimum absolute atomic E-state index is 0.153. The summed E-state index contributed by atoms with van der Waals surface area (Å²) in [4.78, 5) is 61.9. The minimum Gasteiger partial charge on any atom is -0.502 e. The standard InChI is InChI=1S/C44H38Cl2N4O7S/c1-21-28-18-24(46)9-15-35(28)58-39(21)32-20-36(48(3)47-32)50-41(53)31-19-29-26(12-13-27-37(29)42(54)49(40(27)52)25-10-7-23(45)8-11-25)30(44(31,2)43(50)55)14-6-22-16-33(56-4)38(51)34(17-22)57-5/h6-12,14-18,20,27,29-31,37,51H,13,19H2,1-5H3. The molecule has 2 saturated heterocycles. The Kier molecular flexibility index (Phi) is 9.10. The van der Waals surface area contributed by atoms with Gasteiger partial charge in [0.05, 0.1) is 48.0 Å². The number of methoxy groups -OCH3 is 2. The van der Waals surface area contributed by atoms with Gasteiger partial charge in [-0.15, -0.1) is 11.3 Å². The van der Waals surface area contributed by atoms with Gasteiger partial charge in [-0.2, -0.15) is 5.10 Å². The van der Waals surface area contributed by atoms with Crippen LogP contribution in [0.2, 0.25) is 10.0 Å². The zero-order valence-corrected chi connectivity index (χ0v) is 34.5. The molecule has 0 spiro atoms. The molecule has 2 aliphatic heterocycles. The molecule has 4 aliphatic rings. The van der Waals surface area contributed by atoms with Gasteiger partial charge < -0.3 is 14.6 Å². The Bertz CT molecular complexity index is 2640. The van der Waals surface area contributed by atoms with Crippen molar-refractivity contribution in [2.24, 2.45) is 42.1 Å². The number of amides is 4. The van der Waals surface area contributed by atoms with Gasteiger partial charge in [0.25, 0.3) is 0 Å². The second-order valence-corrected chi connectivity index (χ2v) is 17.5. The van der Waals surface area contributed by atoms with E-state index in [4.69, 9.17) is 37.8 Å². The molecule has 1 N–H and O–H groups in total. The van der Waals surface area contributed by atoms with Crippen molar-refractivity contribution < 1.29 is 33.8 Å². The van der Waals surface area contributed by atoms with Crippen LogP contribution in [-0.4, -0.2) is 52.7 Å². The summed E-state index contributed by atoms with van der Waals surface area (Å²) in [5.74, 6) is -4.18. The number of fused-ring (bicyclic) bond motifs is 5. The SMILES string of the molecule is COc1cc(C=CC2C3=CCC4C(=O)N(c5ccc(Cl)cc5)C(=O)C4C3CC3C(=O)N(c4cc(-c5sc6ccc(Cl)cc6c5C)nn4C)C(=O)C23C)cc(OC)c1O. The Balaban J connectivity index is 1.14. The van der Waals surface area contributed by atoms with E-state index in [1.165, 1.54) is 24.0 Å². The molecule has 3 fully saturated rings. The van der Waals surface area contributed by atoms with Crippen LogP contribution in [0.15, 0.2) is 78.4 Å². The van der Waals surface area contributed by atoms with Crippen LogP contribution in [-0.2, 0) is 26.2 Å². The molecule has 11 nitrogen and oxygen atoms in total. The lowest BCUT2D eigenvalue weighted by molar-refractivity contribution is -0.132. The van der Waals surface area contributed by atoms with E-state index in [1.54, 1.807) is 65.5 Å². The molecule has 14 heteroatoms. The largest absolute Gasteiger partial charge is 0.502 e. The summed E-state index contributed by atoms with van der Waals surface area (Å²) in [5.41, 5.74) is 2.23. The highest BCUT2D eigenvalue weighted by atomic mass is 35.5. The third-order valence-corrected chi connectivity index (χ3v) is 14.4. The quantitative estimate of drug-likeness (QED) is 0.127. The highest BCUT2D eigenvalue weighted by Crippen LogP contribution is 2.61. The predicted molar refractivity (Wildman–Crippen MR) is 223 cm³/mol. The molecular weight excluding hydrogens is 799 g/mol. The van der Waals surface area contributed by atoms with Crippen LogP contribution in [0.1, 0.15) is 30.9 Å². The van der Waals surface area contributed by atoms with E-state index in [9.17, 15) is 19.5 Å². The number of halogens is 2. The number of anilines is 2. The van der Waals surface area contributed by atoms with Gasteiger partial charge in [-0.1, -0.05) is 47.0 Å². The second-order valence-electron chi connectivity index (χ2n) is 15.5. The molecule has 9 rings (SSSR count). The molecule has 4 heterocycles. The maximum Gasteiger partial charge on any atom is 0.242 e. The van der Waals surface area contributed by atoms with Crippen molar-refractivity contribution >= 4 is 85.8 Å². The van der Waals surface area contributed by atoms with Crippen molar-refractivity contribution in [3.8, 4) is 27.8 Å². The monoisotopic (exact) mass is 836 g/mol. The van der Waals surface area contributed by atoms with Crippen LogP contribution in [0.25, 0.3) is 26.7 Å². The number of hydrogen-bond donors (Lipinski definition) is 1. The normalized spacial score (nSPS) is 25.4. The number of aryl methyl sites for hydroxylation is 2. The van der Waals surface area contributed by atoms with Gasteiger partial charge in [0.15, 0.2) is 11.5 Å². The van der Waals surface area contributed by atoms with Crippen LogP contribution >= 0.6 is 34.5 Å². The van der Waals surface area contributed by atoms with E-state index in [-0.39, 0.29) is 47.3 Å². The summed E-state index contributed by atoms with van der Waals surface area (Å²) < 4.78 is 13.4. The summed E-state index contributed by atoms with van der Waals surface area (Å²) in [7, 11) is 4.59. The number of allylic oxidation sites excluding steroid dienone is 3. The van der Waals surface area contributed by atoms with Crippen LogP contribution in [0, 0.1) is 41.9 Å². The summed E-state index contributed by atoms with van der Waals surface area (Å²) in [5, 5.41) is 17.5. The van der Waals surface area contributed by atoms with Gasteiger partial charge >= 0.3 is 0 Å². The Morgan fingerprint density at radius 3 is 2.28 bits per heavy atom. The molecule has 2 aliphatic carbocycles. The van der Waals surface area contributed by atoms with Gasteiger partial charge in [0.2, 0.25) is 29.4 Å². The predicted octanol–water partition coefficient (Wildman–Crippen LogP) is 8.62. The van der Waals surface area contributed by atoms with E-state index in [0.29, 0.717) is 39.2 Å². The van der Waals surface area contributed by atoms with E-state index in [0.717, 1.165) is 26.1 Å². The highest BCUT2D eigenvalue weighted by molar-refractivity contribution is 7.22. The summed E-state index contributed by atoms with van der Waals surface area (Å²) in [6.45, 7) is 3.83. The first-order valence-electron chi connectivity index (χ1n) is 18.8. The number of benzene rings is 3. The average Bonchev–Trinajstić information content (AvgIpc) is 3.88. The lowest BCUT2D eigenvalue weighted by Crippen LogP contribution is -2.49. The van der Waals surface area contributed by atoms with Crippen molar-refractivity contribution in [2.45, 2.75) is 26.7 Å². The number of rotatable bonds is 7. The fourth-order valence-electron chi connectivity index (χ4n) is 9.71. The first-order valence-corrected chi connectivity index (χ1v) is 20.4. The molecule has 3 aromatic carbocycles. The maximum atomic E-state index is 15.1. The number of nitrogens with zero attached hydrogens (tertiary/aromatic N) is 4. The second kappa shape index (κ2) is 13.9. The maximum absolute atomic E-state index is 15.1. The molecule has 4 amide bonds. The van der Waals surface area contributed by atoms with E-state index >= 15 is 4.79 Å². The third-order valence-electron chi connectivity index (χ3n) is 12.6. The van der Waals surface area contributed by atoms with Gasteiger partial charge in [0, 0.05) is 33.8 Å². The number of hydrogen-bond acceptors (Lipinski definition) is 9. The Labute approximate surface area is 348 Å². The van der Waals surface area contributed by atoms with E-state index < -0.39 is 35.0 Å². The van der Waals surface area contributed by atoms with E-state index in [1.807, 2.05) is 50.3 Å². The van der Waals surface area contributed by atoms with Crippen LogP contribution in [0.5, 0.6) is 17.2 Å². The number of phenols is 1. The zero-order chi connectivity index (χ0) is 40.9. The number of phenolic OH excluding ortho intramolecular Hbond substituents is 1. The number of carbonyl (C=O) groups is 4. The smallest absolute Gasteiger partial charge is 0.242 e. The van der Waals surface area contributed by atoms with Crippen LogP contribution in [0.4, 0.5) is 11.5 Å². The number of thiophene rings is 1. The van der Waals surface area contributed by atoms with E-state index in [2.05, 4.69) is 0 Å². The molecule has 0 radical (unpaired) electrons. The first-order chi connectivity index (χ1) is 27.8. The van der Waals surface area contributed by atoms with Crippen molar-refractivity contribution in [1.29, 1.82) is 0 Å². The minimum atomic E-state index is -1.27. The summed E-state index contributed by atoms with van der Waals surface area (Å²) in [6.07, 6.45) is 6.20. The topological polar surface area (TPSA) is 131 Å². The number of aromatic hydroxyl groups is 1. The molecule has 6 atom stereocenters. The fraction of sp³-hybridized carbons (Fsp3) is 0.295. The fourth-order valence-corrected chi connectivity index (χ4v) is 11.2. The lowest BCUT2D eigenvalue weighted by Gasteiger charge is -2.47. The molecule has 2 aromatic heterocycles. The van der Waals surface area contributed by atoms with Gasteiger partial charge in [-0.25, -0.2) is 4.90 Å². The third kappa shape index (κ3) is 5.55. The Hall–Kier alpha value is -5.43. The zero-order valence-electron chi connectivity index (χ0n) is 32.2. The number of aromatic nitrogens is 2. The summed E-state index contributed by atoms with van der Waals surface area (Å²) >= 11 is 14.0.